The normalized spacial score (nSPS) is 14.1. The first-order valence-corrected chi connectivity index (χ1v) is 8.26. The molecule has 4 heteroatoms. The van der Waals surface area contributed by atoms with Gasteiger partial charge in [0.2, 0.25) is 0 Å². The van der Waals surface area contributed by atoms with Gasteiger partial charge < -0.3 is 4.57 Å². The van der Waals surface area contributed by atoms with Crippen LogP contribution in [0.5, 0.6) is 0 Å². The number of imidazole rings is 1. The second-order valence-corrected chi connectivity index (χ2v) is 6.47. The zero-order chi connectivity index (χ0) is 14.2. The number of rotatable bonds is 2. The van der Waals surface area contributed by atoms with Crippen molar-refractivity contribution in [3.63, 3.8) is 0 Å². The fourth-order valence-electron chi connectivity index (χ4n) is 3.01. The van der Waals surface area contributed by atoms with Gasteiger partial charge in [-0.05, 0) is 48.9 Å². The van der Waals surface area contributed by atoms with Gasteiger partial charge >= 0.3 is 0 Å². The van der Waals surface area contributed by atoms with Crippen molar-refractivity contribution < 1.29 is 0 Å². The zero-order valence-corrected chi connectivity index (χ0v) is 12.9. The van der Waals surface area contributed by atoms with Crippen LogP contribution in [0.3, 0.4) is 0 Å². The van der Waals surface area contributed by atoms with Crippen LogP contribution in [0.15, 0.2) is 36.0 Å². The minimum absolute atomic E-state index is 1.07. The Kier molecular flexibility index (Phi) is 3.11. The largest absolute Gasteiger partial charge is 0.327 e. The van der Waals surface area contributed by atoms with Crippen LogP contribution in [0.1, 0.15) is 24.2 Å². The van der Waals surface area contributed by atoms with Gasteiger partial charge in [0, 0.05) is 30.9 Å². The van der Waals surface area contributed by atoms with E-state index in [0.29, 0.717) is 0 Å². The van der Waals surface area contributed by atoms with E-state index in [9.17, 15) is 0 Å². The lowest BCUT2D eigenvalue weighted by Gasteiger charge is -2.16. The Bertz CT molecular complexity index is 771. The van der Waals surface area contributed by atoms with Crippen molar-refractivity contribution in [2.45, 2.75) is 32.7 Å². The molecule has 0 radical (unpaired) electrons. The molecule has 3 aromatic heterocycles. The molecular formula is C17H17N3S. The van der Waals surface area contributed by atoms with Gasteiger partial charge in [0.05, 0.1) is 10.6 Å². The lowest BCUT2D eigenvalue weighted by atomic mass is 10.1. The molecule has 0 N–H and O–H groups in total. The molecule has 0 fully saturated rings. The molecule has 4 heterocycles. The van der Waals surface area contributed by atoms with Crippen molar-refractivity contribution in [1.82, 2.24) is 14.5 Å². The summed E-state index contributed by atoms with van der Waals surface area (Å²) in [4.78, 5) is 10.4. The fraction of sp³-hybridized carbons (Fsp3) is 0.294. The highest BCUT2D eigenvalue weighted by molar-refractivity contribution is 7.13. The molecule has 0 saturated heterocycles. The van der Waals surface area contributed by atoms with E-state index in [1.165, 1.54) is 40.4 Å². The van der Waals surface area contributed by atoms with Crippen LogP contribution in [0.25, 0.3) is 21.8 Å². The van der Waals surface area contributed by atoms with Gasteiger partial charge in [-0.1, -0.05) is 0 Å². The second-order valence-electron chi connectivity index (χ2n) is 5.56. The Balaban J connectivity index is 1.96. The lowest BCUT2D eigenvalue weighted by Crippen LogP contribution is -2.11. The molecule has 21 heavy (non-hydrogen) atoms. The molecule has 0 saturated carbocycles. The van der Waals surface area contributed by atoms with Gasteiger partial charge in [-0.3, -0.25) is 4.98 Å². The summed E-state index contributed by atoms with van der Waals surface area (Å²) in [5.74, 6) is 1.23. The van der Waals surface area contributed by atoms with Crippen molar-refractivity contribution >= 4 is 11.3 Å². The molecule has 0 spiro atoms. The van der Waals surface area contributed by atoms with E-state index in [1.54, 1.807) is 11.3 Å². The van der Waals surface area contributed by atoms with Crippen molar-refractivity contribution in [3.8, 4) is 21.8 Å². The summed E-state index contributed by atoms with van der Waals surface area (Å²) >= 11 is 1.78. The van der Waals surface area contributed by atoms with Crippen LogP contribution >= 0.6 is 11.3 Å². The van der Waals surface area contributed by atoms with Crippen LogP contribution in [-0.4, -0.2) is 14.5 Å². The SMILES string of the molecule is Cc1csc(-c2nc3n(c2-c2ccncc2)CCCC3)c1. The molecule has 0 atom stereocenters. The predicted octanol–water partition coefficient (Wildman–Crippen LogP) is 4.32. The number of fused-ring (bicyclic) bond motifs is 1. The number of thiophene rings is 1. The summed E-state index contributed by atoms with van der Waals surface area (Å²) in [6, 6.07) is 6.41. The van der Waals surface area contributed by atoms with Crippen LogP contribution in [0.2, 0.25) is 0 Å². The summed E-state index contributed by atoms with van der Waals surface area (Å²) in [5.41, 5.74) is 4.92. The summed E-state index contributed by atoms with van der Waals surface area (Å²) < 4.78 is 2.41. The zero-order valence-electron chi connectivity index (χ0n) is 12.0. The molecule has 0 unspecified atom stereocenters. The van der Waals surface area contributed by atoms with E-state index in [1.807, 2.05) is 12.4 Å². The molecule has 3 aromatic rings. The Morgan fingerprint density at radius 2 is 2.05 bits per heavy atom. The summed E-state index contributed by atoms with van der Waals surface area (Å²) in [7, 11) is 0. The average molecular weight is 295 g/mol. The third-order valence-electron chi connectivity index (χ3n) is 4.00. The fourth-order valence-corrected chi connectivity index (χ4v) is 3.90. The molecule has 4 rings (SSSR count). The third kappa shape index (κ3) is 2.20. The van der Waals surface area contributed by atoms with Crippen LogP contribution in [-0.2, 0) is 13.0 Å². The van der Waals surface area contributed by atoms with Gasteiger partial charge in [-0.2, -0.15) is 0 Å². The summed E-state index contributed by atoms with van der Waals surface area (Å²) in [5, 5.41) is 2.20. The maximum atomic E-state index is 4.96. The second kappa shape index (κ2) is 5.11. The van der Waals surface area contributed by atoms with Crippen molar-refractivity contribution in [2.75, 3.05) is 0 Å². The molecule has 0 aliphatic carbocycles. The van der Waals surface area contributed by atoms with Gasteiger partial charge in [0.1, 0.15) is 11.5 Å². The molecule has 106 valence electrons. The molecule has 1 aliphatic rings. The smallest absolute Gasteiger partial charge is 0.109 e. The summed E-state index contributed by atoms with van der Waals surface area (Å²) in [6.45, 7) is 3.21. The minimum Gasteiger partial charge on any atom is -0.327 e. The predicted molar refractivity (Wildman–Crippen MR) is 86.4 cm³/mol. The van der Waals surface area contributed by atoms with E-state index in [4.69, 9.17) is 4.98 Å². The Labute approximate surface area is 128 Å². The molecule has 3 nitrogen and oxygen atoms in total. The Morgan fingerprint density at radius 1 is 1.19 bits per heavy atom. The van der Waals surface area contributed by atoms with Crippen LogP contribution < -0.4 is 0 Å². The number of hydrogen-bond donors (Lipinski definition) is 0. The number of nitrogens with zero attached hydrogens (tertiary/aromatic N) is 3. The quantitative estimate of drug-likeness (QED) is 0.705. The maximum absolute atomic E-state index is 4.96. The minimum atomic E-state index is 1.07. The topological polar surface area (TPSA) is 30.7 Å². The van der Waals surface area contributed by atoms with Crippen molar-refractivity contribution in [3.05, 3.63) is 47.4 Å². The third-order valence-corrected chi connectivity index (χ3v) is 5.05. The lowest BCUT2D eigenvalue weighted by molar-refractivity contribution is 0.526. The molecule has 0 aromatic carbocycles. The summed E-state index contributed by atoms with van der Waals surface area (Å²) in [6.07, 6.45) is 7.30. The van der Waals surface area contributed by atoms with Gasteiger partial charge in [-0.25, -0.2) is 4.98 Å². The molecule has 0 amide bonds. The highest BCUT2D eigenvalue weighted by Crippen LogP contribution is 2.37. The van der Waals surface area contributed by atoms with Crippen LogP contribution in [0, 0.1) is 6.92 Å². The first-order valence-electron chi connectivity index (χ1n) is 7.38. The van der Waals surface area contributed by atoms with Crippen molar-refractivity contribution in [1.29, 1.82) is 0 Å². The van der Waals surface area contributed by atoms with E-state index in [2.05, 4.69) is 40.1 Å². The van der Waals surface area contributed by atoms with Gasteiger partial charge in [-0.15, -0.1) is 11.3 Å². The average Bonchev–Trinajstić information content (AvgIpc) is 3.11. The maximum Gasteiger partial charge on any atom is 0.109 e. The number of aryl methyl sites for hydroxylation is 2. The molecule has 1 aliphatic heterocycles. The van der Waals surface area contributed by atoms with Gasteiger partial charge in [0.25, 0.3) is 0 Å². The van der Waals surface area contributed by atoms with E-state index in [0.717, 1.165) is 18.7 Å². The van der Waals surface area contributed by atoms with Crippen molar-refractivity contribution in [2.24, 2.45) is 0 Å². The Morgan fingerprint density at radius 3 is 2.81 bits per heavy atom. The van der Waals surface area contributed by atoms with Gasteiger partial charge in [0.15, 0.2) is 0 Å². The first-order chi connectivity index (χ1) is 10.3. The highest BCUT2D eigenvalue weighted by atomic mass is 32.1. The standard InChI is InChI=1S/C17H17N3S/c1-12-10-14(21-11-12)16-17(13-5-7-18-8-6-13)20-9-3-2-4-15(20)19-16/h5-8,10-11H,2-4,9H2,1H3. The molecule has 0 bridgehead atoms. The van der Waals surface area contributed by atoms with E-state index >= 15 is 0 Å². The highest BCUT2D eigenvalue weighted by Gasteiger charge is 2.22. The molecular weight excluding hydrogens is 278 g/mol. The van der Waals surface area contributed by atoms with Crippen LogP contribution in [0.4, 0.5) is 0 Å². The van der Waals surface area contributed by atoms with E-state index < -0.39 is 0 Å². The van der Waals surface area contributed by atoms with E-state index in [-0.39, 0.29) is 0 Å². The number of pyridine rings is 1. The first kappa shape index (κ1) is 12.8. The Hall–Kier alpha value is -1.94. The number of hydrogen-bond acceptors (Lipinski definition) is 3. The monoisotopic (exact) mass is 295 g/mol. The number of aromatic nitrogens is 3.